The molecule has 0 atom stereocenters. The molecule has 0 radical (unpaired) electrons. The molecule has 1 aliphatic heterocycles. The molecular formula is C15H24N2O. The lowest BCUT2D eigenvalue weighted by Gasteiger charge is -2.35. The van der Waals surface area contributed by atoms with Gasteiger partial charge in [-0.1, -0.05) is 19.9 Å². The number of methoxy groups -OCH3 is 1. The molecule has 0 spiro atoms. The van der Waals surface area contributed by atoms with E-state index in [-0.39, 0.29) is 0 Å². The highest BCUT2D eigenvalue weighted by Crippen LogP contribution is 2.32. The van der Waals surface area contributed by atoms with Gasteiger partial charge in [0.05, 0.1) is 12.8 Å². The third kappa shape index (κ3) is 2.78. The van der Waals surface area contributed by atoms with Gasteiger partial charge in [-0.3, -0.25) is 0 Å². The number of hydrogen-bond donors (Lipinski definition) is 0. The molecule has 0 saturated carbocycles. The molecule has 0 amide bonds. The Kier molecular flexibility index (Phi) is 4.12. The molecular weight excluding hydrogens is 224 g/mol. The summed E-state index contributed by atoms with van der Waals surface area (Å²) in [5.74, 6) is 1.55. The van der Waals surface area contributed by atoms with Crippen molar-refractivity contribution >= 4 is 5.69 Å². The fourth-order valence-corrected chi connectivity index (χ4v) is 2.36. The van der Waals surface area contributed by atoms with Gasteiger partial charge in [0.1, 0.15) is 5.75 Å². The minimum Gasteiger partial charge on any atom is -0.495 e. The fourth-order valence-electron chi connectivity index (χ4n) is 2.36. The van der Waals surface area contributed by atoms with Crippen LogP contribution in [-0.2, 0) is 0 Å². The van der Waals surface area contributed by atoms with Gasteiger partial charge in [0.2, 0.25) is 0 Å². The first kappa shape index (κ1) is 13.2. The zero-order valence-corrected chi connectivity index (χ0v) is 11.9. The molecule has 0 unspecified atom stereocenters. The Balaban J connectivity index is 2.26. The van der Waals surface area contributed by atoms with Gasteiger partial charge in [0.15, 0.2) is 0 Å². The molecule has 1 fully saturated rings. The van der Waals surface area contributed by atoms with Crippen LogP contribution in [0.3, 0.4) is 0 Å². The minimum absolute atomic E-state index is 0.558. The van der Waals surface area contributed by atoms with Crippen LogP contribution in [0.15, 0.2) is 18.2 Å². The second-order valence-electron chi connectivity index (χ2n) is 5.38. The largest absolute Gasteiger partial charge is 0.495 e. The number of rotatable bonds is 3. The van der Waals surface area contributed by atoms with Crippen molar-refractivity contribution in [3.05, 3.63) is 23.8 Å². The molecule has 0 aliphatic carbocycles. The lowest BCUT2D eigenvalue weighted by atomic mass is 10.0. The van der Waals surface area contributed by atoms with Gasteiger partial charge in [-0.15, -0.1) is 0 Å². The molecule has 3 nitrogen and oxygen atoms in total. The maximum absolute atomic E-state index is 5.50. The average molecular weight is 248 g/mol. The maximum atomic E-state index is 5.50. The van der Waals surface area contributed by atoms with Crippen molar-refractivity contribution in [1.82, 2.24) is 4.90 Å². The van der Waals surface area contributed by atoms with Crippen LogP contribution in [0.4, 0.5) is 5.69 Å². The first-order valence-electron chi connectivity index (χ1n) is 6.73. The predicted molar refractivity (Wildman–Crippen MR) is 76.8 cm³/mol. The molecule has 100 valence electrons. The number of piperazine rings is 1. The number of benzene rings is 1. The highest BCUT2D eigenvalue weighted by molar-refractivity contribution is 5.60. The van der Waals surface area contributed by atoms with Gasteiger partial charge in [-0.2, -0.15) is 0 Å². The van der Waals surface area contributed by atoms with E-state index in [9.17, 15) is 0 Å². The summed E-state index contributed by atoms with van der Waals surface area (Å²) >= 11 is 0. The van der Waals surface area contributed by atoms with Crippen LogP contribution in [-0.4, -0.2) is 45.2 Å². The summed E-state index contributed by atoms with van der Waals surface area (Å²) in [6.07, 6.45) is 0. The van der Waals surface area contributed by atoms with E-state index in [4.69, 9.17) is 4.74 Å². The van der Waals surface area contributed by atoms with Gasteiger partial charge in [-0.25, -0.2) is 0 Å². The quantitative estimate of drug-likeness (QED) is 0.817. The Bertz CT molecular complexity index is 395. The Morgan fingerprint density at radius 1 is 1.11 bits per heavy atom. The van der Waals surface area contributed by atoms with Crippen LogP contribution >= 0.6 is 0 Å². The van der Waals surface area contributed by atoms with Crippen LogP contribution in [0.25, 0.3) is 0 Å². The third-order valence-corrected chi connectivity index (χ3v) is 3.71. The van der Waals surface area contributed by atoms with E-state index in [0.717, 1.165) is 31.9 Å². The van der Waals surface area contributed by atoms with Gasteiger partial charge in [0, 0.05) is 26.2 Å². The standard InChI is InChI=1S/C15H24N2O/c1-12(2)13-5-6-15(18-4)14(11-13)17-9-7-16(3)8-10-17/h5-6,11-12H,7-10H2,1-4H3. The normalized spacial score (nSPS) is 17.3. The van der Waals surface area contributed by atoms with E-state index in [0.29, 0.717) is 5.92 Å². The lowest BCUT2D eigenvalue weighted by Crippen LogP contribution is -2.44. The summed E-state index contributed by atoms with van der Waals surface area (Å²) in [5, 5.41) is 0. The van der Waals surface area contributed by atoms with Crippen LogP contribution in [0.2, 0.25) is 0 Å². The molecule has 18 heavy (non-hydrogen) atoms. The molecule has 1 saturated heterocycles. The summed E-state index contributed by atoms with van der Waals surface area (Å²) in [6.45, 7) is 8.86. The molecule has 1 aromatic carbocycles. The first-order chi connectivity index (χ1) is 8.61. The number of ether oxygens (including phenoxy) is 1. The molecule has 0 N–H and O–H groups in total. The van der Waals surface area contributed by atoms with E-state index in [1.165, 1.54) is 11.3 Å². The highest BCUT2D eigenvalue weighted by atomic mass is 16.5. The van der Waals surface area contributed by atoms with Crippen molar-refractivity contribution in [2.24, 2.45) is 0 Å². The summed E-state index contributed by atoms with van der Waals surface area (Å²) in [7, 11) is 3.93. The number of nitrogens with zero attached hydrogens (tertiary/aromatic N) is 2. The third-order valence-electron chi connectivity index (χ3n) is 3.71. The van der Waals surface area contributed by atoms with Crippen LogP contribution < -0.4 is 9.64 Å². The van der Waals surface area contributed by atoms with Crippen LogP contribution in [0, 0.1) is 0 Å². The Morgan fingerprint density at radius 2 is 1.78 bits per heavy atom. The van der Waals surface area contributed by atoms with Crippen molar-refractivity contribution < 1.29 is 4.74 Å². The topological polar surface area (TPSA) is 15.7 Å². The van der Waals surface area contributed by atoms with E-state index in [1.54, 1.807) is 7.11 Å². The Labute approximate surface area is 110 Å². The Hall–Kier alpha value is -1.22. The lowest BCUT2D eigenvalue weighted by molar-refractivity contribution is 0.311. The van der Waals surface area contributed by atoms with Crippen molar-refractivity contribution in [2.45, 2.75) is 19.8 Å². The zero-order chi connectivity index (χ0) is 13.1. The smallest absolute Gasteiger partial charge is 0.142 e. The van der Waals surface area contributed by atoms with E-state index >= 15 is 0 Å². The van der Waals surface area contributed by atoms with E-state index < -0.39 is 0 Å². The van der Waals surface area contributed by atoms with Crippen molar-refractivity contribution in [1.29, 1.82) is 0 Å². The average Bonchev–Trinajstić information content (AvgIpc) is 2.39. The number of likely N-dealkylation sites (N-methyl/N-ethyl adjacent to an activating group) is 1. The summed E-state index contributed by atoms with van der Waals surface area (Å²) in [5.41, 5.74) is 2.63. The fraction of sp³-hybridized carbons (Fsp3) is 0.600. The van der Waals surface area contributed by atoms with Gasteiger partial charge in [0.25, 0.3) is 0 Å². The van der Waals surface area contributed by atoms with Crippen molar-refractivity contribution in [3.63, 3.8) is 0 Å². The SMILES string of the molecule is COc1ccc(C(C)C)cc1N1CCN(C)CC1. The number of anilines is 1. The summed E-state index contributed by atoms with van der Waals surface area (Å²) in [4.78, 5) is 4.81. The highest BCUT2D eigenvalue weighted by Gasteiger charge is 2.18. The Morgan fingerprint density at radius 3 is 2.33 bits per heavy atom. The molecule has 1 heterocycles. The monoisotopic (exact) mass is 248 g/mol. The summed E-state index contributed by atoms with van der Waals surface area (Å²) in [6, 6.07) is 6.56. The van der Waals surface area contributed by atoms with Crippen LogP contribution in [0.5, 0.6) is 5.75 Å². The predicted octanol–water partition coefficient (Wildman–Crippen LogP) is 2.57. The summed E-state index contributed by atoms with van der Waals surface area (Å²) < 4.78 is 5.50. The number of hydrogen-bond acceptors (Lipinski definition) is 3. The van der Waals surface area contributed by atoms with E-state index in [1.807, 2.05) is 0 Å². The second kappa shape index (κ2) is 5.61. The van der Waals surface area contributed by atoms with E-state index in [2.05, 4.69) is 48.9 Å². The van der Waals surface area contributed by atoms with Gasteiger partial charge in [-0.05, 0) is 30.7 Å². The van der Waals surface area contributed by atoms with Gasteiger partial charge >= 0.3 is 0 Å². The molecule has 2 rings (SSSR count). The molecule has 0 aromatic heterocycles. The molecule has 1 aromatic rings. The molecule has 1 aliphatic rings. The minimum atomic E-state index is 0.558. The maximum Gasteiger partial charge on any atom is 0.142 e. The second-order valence-corrected chi connectivity index (χ2v) is 5.38. The zero-order valence-electron chi connectivity index (χ0n) is 11.9. The van der Waals surface area contributed by atoms with Crippen LogP contribution in [0.1, 0.15) is 25.3 Å². The molecule has 0 bridgehead atoms. The van der Waals surface area contributed by atoms with Crippen molar-refractivity contribution in [2.75, 3.05) is 45.2 Å². The van der Waals surface area contributed by atoms with Crippen molar-refractivity contribution in [3.8, 4) is 5.75 Å². The first-order valence-corrected chi connectivity index (χ1v) is 6.73. The molecule has 3 heteroatoms. The van der Waals surface area contributed by atoms with Gasteiger partial charge < -0.3 is 14.5 Å².